The van der Waals surface area contributed by atoms with Crippen molar-refractivity contribution >= 4 is 23.1 Å². The Morgan fingerprint density at radius 1 is 1.29 bits per heavy atom. The van der Waals surface area contributed by atoms with Crippen LogP contribution in [-0.2, 0) is 24.4 Å². The van der Waals surface area contributed by atoms with Crippen LogP contribution in [0.15, 0.2) is 29.6 Å². The molecule has 1 amide bonds. The zero-order valence-corrected chi connectivity index (χ0v) is 15.8. The Morgan fingerprint density at radius 3 is 2.82 bits per heavy atom. The summed E-state index contributed by atoms with van der Waals surface area (Å²) in [6.07, 6.45) is 0.492. The van der Waals surface area contributed by atoms with Crippen molar-refractivity contribution in [2.24, 2.45) is 0 Å². The Hall–Kier alpha value is -2.64. The Morgan fingerprint density at radius 2 is 2.07 bits per heavy atom. The van der Waals surface area contributed by atoms with E-state index in [0.29, 0.717) is 48.5 Å². The fourth-order valence-electron chi connectivity index (χ4n) is 3.70. The van der Waals surface area contributed by atoms with Gasteiger partial charge in [-0.3, -0.25) is 9.59 Å². The summed E-state index contributed by atoms with van der Waals surface area (Å²) in [5, 5.41) is 10.5. The van der Waals surface area contributed by atoms with E-state index >= 15 is 0 Å². The zero-order chi connectivity index (χ0) is 20.0. The number of carbonyl (C=O) groups excluding carboxylic acids is 1. The van der Waals surface area contributed by atoms with Crippen LogP contribution in [0.25, 0.3) is 5.57 Å². The van der Waals surface area contributed by atoms with Crippen LogP contribution < -0.4 is 5.43 Å². The number of pyridine rings is 1. The molecule has 0 saturated carbocycles. The van der Waals surface area contributed by atoms with Gasteiger partial charge >= 0.3 is 0 Å². The van der Waals surface area contributed by atoms with Crippen molar-refractivity contribution in [3.05, 3.63) is 68.4 Å². The summed E-state index contributed by atoms with van der Waals surface area (Å²) in [4.78, 5) is 27.3. The van der Waals surface area contributed by atoms with Gasteiger partial charge < -0.3 is 19.3 Å². The van der Waals surface area contributed by atoms with Gasteiger partial charge in [0.25, 0.3) is 5.91 Å². The number of fused-ring (bicyclic) bond motifs is 3. The number of benzene rings is 1. The van der Waals surface area contributed by atoms with Crippen LogP contribution >= 0.6 is 11.6 Å². The second-order valence-electron chi connectivity index (χ2n) is 6.88. The van der Waals surface area contributed by atoms with Gasteiger partial charge in [0.15, 0.2) is 11.4 Å². The quantitative estimate of drug-likeness (QED) is 0.835. The Labute approximate surface area is 165 Å². The lowest BCUT2D eigenvalue weighted by atomic mass is 10.0. The standard InChI is InChI=1S/C20H18ClFN2O4/c1-11-4-7-28-10-15-16(11)18(25)19(26)17-20(27)23(5-6-24(15)17)9-12-2-3-14(22)13(21)8-12/h2-3,8,26H,1,4-7,9-10H2. The SMILES string of the molecule is C=C1CCOCc2c1c(=O)c(O)c1n2CCN(Cc2ccc(F)c(Cl)c2)C1=O. The highest BCUT2D eigenvalue weighted by Gasteiger charge is 2.33. The molecule has 2 aromatic rings. The maximum Gasteiger partial charge on any atom is 0.274 e. The average Bonchev–Trinajstić information content (AvgIpc) is 2.86. The van der Waals surface area contributed by atoms with Gasteiger partial charge in [-0.25, -0.2) is 4.39 Å². The first-order valence-corrected chi connectivity index (χ1v) is 9.24. The highest BCUT2D eigenvalue weighted by Crippen LogP contribution is 2.30. The molecule has 0 bridgehead atoms. The predicted molar refractivity (Wildman–Crippen MR) is 102 cm³/mol. The van der Waals surface area contributed by atoms with E-state index in [1.54, 1.807) is 10.6 Å². The number of hydrogen-bond donors (Lipinski definition) is 1. The lowest BCUT2D eigenvalue weighted by Crippen LogP contribution is -2.42. The second kappa shape index (κ2) is 7.07. The highest BCUT2D eigenvalue weighted by atomic mass is 35.5. The van der Waals surface area contributed by atoms with E-state index < -0.39 is 22.9 Å². The van der Waals surface area contributed by atoms with Crippen molar-refractivity contribution in [3.63, 3.8) is 0 Å². The van der Waals surface area contributed by atoms with Gasteiger partial charge in [0.05, 0.1) is 29.5 Å². The number of ether oxygens (including phenoxy) is 1. The second-order valence-corrected chi connectivity index (χ2v) is 7.29. The normalized spacial score (nSPS) is 16.6. The number of halogens is 2. The van der Waals surface area contributed by atoms with Crippen molar-refractivity contribution in [3.8, 4) is 5.75 Å². The van der Waals surface area contributed by atoms with Gasteiger partial charge in [0.2, 0.25) is 5.43 Å². The first-order valence-electron chi connectivity index (χ1n) is 8.86. The van der Waals surface area contributed by atoms with Crippen molar-refractivity contribution in [2.45, 2.75) is 26.1 Å². The average molecular weight is 405 g/mol. The molecule has 4 rings (SSSR count). The number of aromatic hydroxyl groups is 1. The topological polar surface area (TPSA) is 71.8 Å². The summed E-state index contributed by atoms with van der Waals surface area (Å²) < 4.78 is 20.6. The third-order valence-electron chi connectivity index (χ3n) is 5.13. The van der Waals surface area contributed by atoms with E-state index in [2.05, 4.69) is 6.58 Å². The summed E-state index contributed by atoms with van der Waals surface area (Å²) >= 11 is 5.82. The fraction of sp³-hybridized carbons (Fsp3) is 0.300. The van der Waals surface area contributed by atoms with E-state index in [0.717, 1.165) is 0 Å². The largest absolute Gasteiger partial charge is 0.503 e. The number of rotatable bonds is 2. The molecule has 146 valence electrons. The van der Waals surface area contributed by atoms with E-state index in [-0.39, 0.29) is 23.9 Å². The lowest BCUT2D eigenvalue weighted by molar-refractivity contribution is 0.0671. The molecular formula is C20H18ClFN2O4. The zero-order valence-electron chi connectivity index (χ0n) is 15.0. The smallest absolute Gasteiger partial charge is 0.274 e. The van der Waals surface area contributed by atoms with Crippen LogP contribution in [0.3, 0.4) is 0 Å². The number of carbonyl (C=O) groups is 1. The molecular weight excluding hydrogens is 387 g/mol. The highest BCUT2D eigenvalue weighted by molar-refractivity contribution is 6.30. The summed E-state index contributed by atoms with van der Waals surface area (Å²) in [5.74, 6) is -1.58. The van der Waals surface area contributed by atoms with E-state index in [4.69, 9.17) is 16.3 Å². The van der Waals surface area contributed by atoms with Crippen LogP contribution in [0, 0.1) is 5.82 Å². The van der Waals surface area contributed by atoms with Gasteiger partial charge in [-0.2, -0.15) is 0 Å². The van der Waals surface area contributed by atoms with Gasteiger partial charge in [0, 0.05) is 19.6 Å². The minimum atomic E-state index is -0.600. The predicted octanol–water partition coefficient (Wildman–Crippen LogP) is 2.94. The van der Waals surface area contributed by atoms with Crippen LogP contribution in [-0.4, -0.2) is 33.6 Å². The molecule has 2 aliphatic rings. The third-order valence-corrected chi connectivity index (χ3v) is 5.42. The number of hydrogen-bond acceptors (Lipinski definition) is 4. The van der Waals surface area contributed by atoms with Crippen molar-refractivity contribution < 1.29 is 19.0 Å². The van der Waals surface area contributed by atoms with Crippen LogP contribution in [0.5, 0.6) is 5.75 Å². The summed E-state index contributed by atoms with van der Waals surface area (Å²) in [6.45, 7) is 5.47. The van der Waals surface area contributed by atoms with E-state index in [9.17, 15) is 19.1 Å². The van der Waals surface area contributed by atoms with Gasteiger partial charge in [-0.05, 0) is 29.7 Å². The molecule has 28 heavy (non-hydrogen) atoms. The third kappa shape index (κ3) is 3.00. The van der Waals surface area contributed by atoms with Crippen LogP contribution in [0.2, 0.25) is 5.02 Å². The van der Waals surface area contributed by atoms with E-state index in [1.165, 1.54) is 17.0 Å². The molecule has 0 unspecified atom stereocenters. The molecule has 0 radical (unpaired) electrons. The summed E-state index contributed by atoms with van der Waals surface area (Å²) in [5.41, 5.74) is 1.50. The summed E-state index contributed by atoms with van der Waals surface area (Å²) in [7, 11) is 0. The molecule has 3 heterocycles. The summed E-state index contributed by atoms with van der Waals surface area (Å²) in [6, 6.07) is 4.25. The monoisotopic (exact) mass is 404 g/mol. The first kappa shape index (κ1) is 18.7. The molecule has 0 aliphatic carbocycles. The molecule has 1 N–H and O–H groups in total. The molecule has 0 fully saturated rings. The van der Waals surface area contributed by atoms with Crippen molar-refractivity contribution in [1.29, 1.82) is 0 Å². The Bertz CT molecular complexity index is 1060. The molecule has 0 spiro atoms. The van der Waals surface area contributed by atoms with Crippen LogP contribution in [0.4, 0.5) is 4.39 Å². The lowest BCUT2D eigenvalue weighted by Gasteiger charge is -2.32. The van der Waals surface area contributed by atoms with Gasteiger partial charge in [0.1, 0.15) is 5.82 Å². The molecule has 1 aromatic heterocycles. The molecule has 0 atom stereocenters. The van der Waals surface area contributed by atoms with E-state index in [1.807, 2.05) is 0 Å². The maximum absolute atomic E-state index is 13.4. The van der Waals surface area contributed by atoms with Crippen LogP contribution in [0.1, 0.15) is 33.7 Å². The van der Waals surface area contributed by atoms with Crippen molar-refractivity contribution in [2.75, 3.05) is 13.2 Å². The maximum atomic E-state index is 13.4. The minimum absolute atomic E-state index is 0.0255. The fourth-order valence-corrected chi connectivity index (χ4v) is 3.91. The molecule has 0 saturated heterocycles. The van der Waals surface area contributed by atoms with Crippen molar-refractivity contribution in [1.82, 2.24) is 9.47 Å². The Balaban J connectivity index is 1.75. The first-order chi connectivity index (χ1) is 13.4. The molecule has 6 nitrogen and oxygen atoms in total. The Kier molecular flexibility index (Phi) is 4.72. The molecule has 8 heteroatoms. The van der Waals surface area contributed by atoms with Gasteiger partial charge in [-0.1, -0.05) is 24.2 Å². The number of nitrogens with zero attached hydrogens (tertiary/aromatic N) is 2. The minimum Gasteiger partial charge on any atom is -0.503 e. The molecule has 2 aliphatic heterocycles. The molecule has 1 aromatic carbocycles. The van der Waals surface area contributed by atoms with Gasteiger partial charge in [-0.15, -0.1) is 0 Å². The number of aromatic nitrogens is 1. The number of amides is 1.